The van der Waals surface area contributed by atoms with E-state index in [4.69, 9.17) is 4.74 Å². The van der Waals surface area contributed by atoms with Crippen LogP contribution in [-0.2, 0) is 16.6 Å². The number of fused-ring (bicyclic) bond motifs is 1. The molecule has 0 spiro atoms. The van der Waals surface area contributed by atoms with E-state index < -0.39 is 10.0 Å². The van der Waals surface area contributed by atoms with Gasteiger partial charge in [-0.25, -0.2) is 12.8 Å². The summed E-state index contributed by atoms with van der Waals surface area (Å²) in [4.78, 5) is 25.5. The molecule has 3 heterocycles. The van der Waals surface area contributed by atoms with Crippen LogP contribution in [0.5, 0.6) is 5.75 Å². The smallest absolute Gasteiger partial charge is 0.264 e. The highest BCUT2D eigenvalue weighted by Crippen LogP contribution is 2.28. The standard InChI is InChI=1S/C27H26FN5O4S/c1-37-24-16-21(31-38(35,36)25-6-2-4-19-5-3-11-29-26(19)25)9-10-23(24)27(34)33-14-12-32(13-15-33)18-22-8-7-20(28)17-30-22/h2-11,16-17,31H,12-15,18H2,1H3. The van der Waals surface area contributed by atoms with Crippen molar-refractivity contribution in [1.29, 1.82) is 0 Å². The largest absolute Gasteiger partial charge is 0.496 e. The van der Waals surface area contributed by atoms with Crippen LogP contribution in [-0.4, -0.2) is 67.4 Å². The molecule has 2 aromatic heterocycles. The van der Waals surface area contributed by atoms with E-state index in [1.807, 2.05) is 0 Å². The van der Waals surface area contributed by atoms with E-state index in [9.17, 15) is 17.6 Å². The molecule has 38 heavy (non-hydrogen) atoms. The fourth-order valence-electron chi connectivity index (χ4n) is 4.44. The summed E-state index contributed by atoms with van der Waals surface area (Å²) in [7, 11) is -2.51. The third kappa shape index (κ3) is 5.43. The Morgan fingerprint density at radius 1 is 1.03 bits per heavy atom. The molecule has 1 aliphatic rings. The Hall–Kier alpha value is -4.09. The molecular formula is C27H26FN5O4S. The number of methoxy groups -OCH3 is 1. The third-order valence-electron chi connectivity index (χ3n) is 6.40. The SMILES string of the molecule is COc1cc(NS(=O)(=O)c2cccc3cccnc23)ccc1C(=O)N1CCN(Cc2ccc(F)cn2)CC1. The summed E-state index contributed by atoms with van der Waals surface area (Å²) in [5.74, 6) is -0.305. The van der Waals surface area contributed by atoms with E-state index >= 15 is 0 Å². The van der Waals surface area contributed by atoms with Crippen LogP contribution in [0.3, 0.4) is 0 Å². The van der Waals surface area contributed by atoms with Crippen molar-refractivity contribution in [2.24, 2.45) is 0 Å². The molecule has 5 rings (SSSR count). The van der Waals surface area contributed by atoms with Crippen molar-refractivity contribution >= 4 is 32.5 Å². The maximum absolute atomic E-state index is 13.3. The van der Waals surface area contributed by atoms with Gasteiger partial charge < -0.3 is 9.64 Å². The predicted molar refractivity (Wildman–Crippen MR) is 141 cm³/mol. The molecule has 11 heteroatoms. The summed E-state index contributed by atoms with van der Waals surface area (Å²) < 4.78 is 47.5. The molecule has 4 aromatic rings. The fourth-order valence-corrected chi connectivity index (χ4v) is 5.67. The average molecular weight is 536 g/mol. The first-order chi connectivity index (χ1) is 18.3. The van der Waals surface area contributed by atoms with Crippen molar-refractivity contribution in [2.75, 3.05) is 38.0 Å². The van der Waals surface area contributed by atoms with Crippen LogP contribution in [0, 0.1) is 5.82 Å². The molecule has 0 radical (unpaired) electrons. The molecule has 9 nitrogen and oxygen atoms in total. The topological polar surface area (TPSA) is 105 Å². The van der Waals surface area contributed by atoms with Gasteiger partial charge in [0.1, 0.15) is 16.5 Å². The van der Waals surface area contributed by atoms with Gasteiger partial charge >= 0.3 is 0 Å². The Balaban J connectivity index is 1.28. The van der Waals surface area contributed by atoms with Gasteiger partial charge in [-0.05, 0) is 36.4 Å². The van der Waals surface area contributed by atoms with Gasteiger partial charge in [-0.1, -0.05) is 18.2 Å². The Morgan fingerprint density at radius 2 is 1.82 bits per heavy atom. The van der Waals surface area contributed by atoms with E-state index in [0.29, 0.717) is 49.2 Å². The first kappa shape index (κ1) is 25.6. The lowest BCUT2D eigenvalue weighted by molar-refractivity contribution is 0.0624. The number of amides is 1. The van der Waals surface area contributed by atoms with Gasteiger partial charge in [0, 0.05) is 50.4 Å². The van der Waals surface area contributed by atoms with Crippen LogP contribution in [0.2, 0.25) is 0 Å². The average Bonchev–Trinajstić information content (AvgIpc) is 2.93. The monoisotopic (exact) mass is 535 g/mol. The van der Waals surface area contributed by atoms with Crippen molar-refractivity contribution in [3.05, 3.63) is 90.1 Å². The Labute approximate surface area is 219 Å². The van der Waals surface area contributed by atoms with Gasteiger partial charge in [0.25, 0.3) is 15.9 Å². The molecule has 196 valence electrons. The van der Waals surface area contributed by atoms with E-state index in [1.165, 1.54) is 31.5 Å². The molecule has 0 aliphatic carbocycles. The van der Waals surface area contributed by atoms with Crippen molar-refractivity contribution in [1.82, 2.24) is 19.8 Å². The molecular weight excluding hydrogens is 509 g/mol. The van der Waals surface area contributed by atoms with Crippen molar-refractivity contribution in [3.63, 3.8) is 0 Å². The molecule has 0 saturated carbocycles. The third-order valence-corrected chi connectivity index (χ3v) is 7.82. The Bertz CT molecular complexity index is 1570. The van der Waals surface area contributed by atoms with Crippen LogP contribution < -0.4 is 9.46 Å². The Kier molecular flexibility index (Phi) is 7.21. The van der Waals surface area contributed by atoms with Crippen molar-refractivity contribution in [2.45, 2.75) is 11.4 Å². The first-order valence-corrected chi connectivity index (χ1v) is 13.5. The van der Waals surface area contributed by atoms with Crippen molar-refractivity contribution in [3.8, 4) is 5.75 Å². The van der Waals surface area contributed by atoms with Gasteiger partial charge in [-0.3, -0.25) is 24.4 Å². The number of sulfonamides is 1. The number of hydrogen-bond donors (Lipinski definition) is 1. The maximum atomic E-state index is 13.3. The highest BCUT2D eigenvalue weighted by atomic mass is 32.2. The number of carbonyl (C=O) groups excluding carboxylic acids is 1. The van der Waals surface area contributed by atoms with Gasteiger partial charge in [0.05, 0.1) is 35.8 Å². The number of carbonyl (C=O) groups is 1. The zero-order valence-corrected chi connectivity index (χ0v) is 21.5. The van der Waals surface area contributed by atoms with E-state index in [2.05, 4.69) is 19.6 Å². The Morgan fingerprint density at radius 3 is 2.55 bits per heavy atom. The number of pyridine rings is 2. The molecule has 0 atom stereocenters. The minimum atomic E-state index is -3.95. The predicted octanol–water partition coefficient (Wildman–Crippen LogP) is 3.54. The number of nitrogens with one attached hydrogen (secondary N) is 1. The van der Waals surface area contributed by atoms with Gasteiger partial charge in [-0.15, -0.1) is 0 Å². The number of anilines is 1. The van der Waals surface area contributed by atoms with Gasteiger partial charge in [-0.2, -0.15) is 0 Å². The lowest BCUT2D eigenvalue weighted by Gasteiger charge is -2.34. The summed E-state index contributed by atoms with van der Waals surface area (Å²) in [5, 5.41) is 0.711. The fraction of sp³-hybridized carbons (Fsp3) is 0.222. The van der Waals surface area contributed by atoms with E-state index in [1.54, 1.807) is 53.6 Å². The van der Waals surface area contributed by atoms with Gasteiger partial charge in [0.2, 0.25) is 0 Å². The summed E-state index contributed by atoms with van der Waals surface area (Å²) in [5.41, 5.74) is 1.75. The van der Waals surface area contributed by atoms with E-state index in [0.717, 1.165) is 5.69 Å². The summed E-state index contributed by atoms with van der Waals surface area (Å²) >= 11 is 0. The number of aromatic nitrogens is 2. The number of hydrogen-bond acceptors (Lipinski definition) is 7. The summed E-state index contributed by atoms with van der Waals surface area (Å²) in [6.07, 6.45) is 2.74. The highest BCUT2D eigenvalue weighted by Gasteiger charge is 2.25. The number of piperazine rings is 1. The molecule has 0 bridgehead atoms. The molecule has 1 amide bonds. The molecule has 1 N–H and O–H groups in total. The van der Waals surface area contributed by atoms with Crippen LogP contribution in [0.25, 0.3) is 10.9 Å². The number of halogens is 1. The minimum Gasteiger partial charge on any atom is -0.496 e. The molecule has 1 fully saturated rings. The number of ether oxygens (including phenoxy) is 1. The first-order valence-electron chi connectivity index (χ1n) is 12.0. The normalized spacial score (nSPS) is 14.4. The lowest BCUT2D eigenvalue weighted by Crippen LogP contribution is -2.48. The van der Waals surface area contributed by atoms with Crippen LogP contribution >= 0.6 is 0 Å². The summed E-state index contributed by atoms with van der Waals surface area (Å²) in [6, 6.07) is 16.2. The highest BCUT2D eigenvalue weighted by molar-refractivity contribution is 7.93. The molecule has 0 unspecified atom stereocenters. The second-order valence-corrected chi connectivity index (χ2v) is 10.5. The van der Waals surface area contributed by atoms with Gasteiger partial charge in [0.15, 0.2) is 0 Å². The minimum absolute atomic E-state index is 0.0587. The van der Waals surface area contributed by atoms with Crippen LogP contribution in [0.1, 0.15) is 16.1 Å². The number of para-hydroxylation sites is 1. The van der Waals surface area contributed by atoms with Crippen LogP contribution in [0.15, 0.2) is 78.0 Å². The summed E-state index contributed by atoms with van der Waals surface area (Å²) in [6.45, 7) is 2.87. The van der Waals surface area contributed by atoms with Crippen LogP contribution in [0.4, 0.5) is 10.1 Å². The maximum Gasteiger partial charge on any atom is 0.264 e. The zero-order chi connectivity index (χ0) is 26.7. The van der Waals surface area contributed by atoms with E-state index in [-0.39, 0.29) is 28.1 Å². The second kappa shape index (κ2) is 10.7. The quantitative estimate of drug-likeness (QED) is 0.386. The zero-order valence-electron chi connectivity index (χ0n) is 20.7. The molecule has 1 saturated heterocycles. The number of benzene rings is 2. The lowest BCUT2D eigenvalue weighted by atomic mass is 10.1. The second-order valence-electron chi connectivity index (χ2n) is 8.89. The molecule has 1 aliphatic heterocycles. The number of nitrogens with zero attached hydrogens (tertiary/aromatic N) is 4. The van der Waals surface area contributed by atoms with Crippen molar-refractivity contribution < 1.29 is 22.3 Å². The molecule has 2 aromatic carbocycles. The number of rotatable bonds is 7.